The fourth-order valence-corrected chi connectivity index (χ4v) is 4.65. The van der Waals surface area contributed by atoms with Gasteiger partial charge in [0.2, 0.25) is 10.0 Å². The van der Waals surface area contributed by atoms with Crippen LogP contribution in [-0.2, 0) is 14.8 Å². The molecule has 1 aliphatic rings. The van der Waals surface area contributed by atoms with E-state index in [2.05, 4.69) is 9.62 Å². The second-order valence-electron chi connectivity index (χ2n) is 6.65. The van der Waals surface area contributed by atoms with E-state index >= 15 is 0 Å². The average molecular weight is 391 g/mol. The van der Waals surface area contributed by atoms with Crippen molar-refractivity contribution < 1.29 is 17.9 Å². The summed E-state index contributed by atoms with van der Waals surface area (Å²) in [5, 5.41) is 0. The molecule has 1 heterocycles. The predicted octanol–water partition coefficient (Wildman–Crippen LogP) is 2.36. The first-order chi connectivity index (χ1) is 13.0. The summed E-state index contributed by atoms with van der Waals surface area (Å²) in [5.74, 6) is 0.339. The number of benzene rings is 2. The van der Waals surface area contributed by atoms with Crippen molar-refractivity contribution in [2.45, 2.75) is 17.9 Å². The average Bonchev–Trinajstić information content (AvgIpc) is 2.69. The highest BCUT2D eigenvalue weighted by molar-refractivity contribution is 7.89. The molecule has 0 aromatic heterocycles. The Morgan fingerprint density at radius 2 is 1.85 bits per heavy atom. The van der Waals surface area contributed by atoms with Crippen molar-refractivity contribution >= 4 is 10.0 Å². The van der Waals surface area contributed by atoms with E-state index in [-0.39, 0.29) is 10.9 Å². The molecule has 1 atom stereocenters. The molecule has 1 fully saturated rings. The Morgan fingerprint density at radius 3 is 2.52 bits per heavy atom. The Morgan fingerprint density at radius 1 is 1.15 bits per heavy atom. The van der Waals surface area contributed by atoms with Crippen molar-refractivity contribution in [1.82, 2.24) is 9.62 Å². The van der Waals surface area contributed by atoms with Crippen LogP contribution in [0.4, 0.5) is 0 Å². The summed E-state index contributed by atoms with van der Waals surface area (Å²) in [4.78, 5) is 2.38. The van der Waals surface area contributed by atoms with Crippen LogP contribution in [0.25, 0.3) is 0 Å². The van der Waals surface area contributed by atoms with Gasteiger partial charge in [0, 0.05) is 19.6 Å². The Bertz CT molecular complexity index is 850. The fourth-order valence-electron chi connectivity index (χ4n) is 3.18. The van der Waals surface area contributed by atoms with Gasteiger partial charge < -0.3 is 9.47 Å². The van der Waals surface area contributed by atoms with Crippen LogP contribution in [-0.4, -0.2) is 53.3 Å². The van der Waals surface area contributed by atoms with Crippen molar-refractivity contribution in [2.75, 3.05) is 40.0 Å². The van der Waals surface area contributed by atoms with E-state index < -0.39 is 10.0 Å². The second-order valence-corrected chi connectivity index (χ2v) is 8.33. The third-order valence-electron chi connectivity index (χ3n) is 4.65. The van der Waals surface area contributed by atoms with Crippen LogP contribution >= 0.6 is 0 Å². The highest BCUT2D eigenvalue weighted by Gasteiger charge is 2.26. The van der Waals surface area contributed by atoms with Gasteiger partial charge in [-0.05, 0) is 30.2 Å². The van der Waals surface area contributed by atoms with Crippen molar-refractivity contribution in [3.63, 3.8) is 0 Å². The normalized spacial score (nSPS) is 16.8. The monoisotopic (exact) mass is 390 g/mol. The van der Waals surface area contributed by atoms with Gasteiger partial charge in [-0.1, -0.05) is 36.4 Å². The highest BCUT2D eigenvalue weighted by Crippen LogP contribution is 2.27. The molecule has 1 aliphatic heterocycles. The van der Waals surface area contributed by atoms with Gasteiger partial charge in [-0.15, -0.1) is 0 Å². The molecule has 27 heavy (non-hydrogen) atoms. The third-order valence-corrected chi connectivity index (χ3v) is 6.15. The number of rotatable bonds is 7. The maximum Gasteiger partial charge on any atom is 0.244 e. The van der Waals surface area contributed by atoms with Crippen molar-refractivity contribution in [3.05, 3.63) is 59.7 Å². The molecule has 6 nitrogen and oxygen atoms in total. The maximum absolute atomic E-state index is 13.2. The predicted molar refractivity (Wildman–Crippen MR) is 104 cm³/mol. The SMILES string of the molecule is COc1ccc(C)cc1S(=O)(=O)NC(CN1CCOCC1)c1ccccc1. The molecule has 0 saturated carbocycles. The molecular weight excluding hydrogens is 364 g/mol. The topological polar surface area (TPSA) is 67.9 Å². The van der Waals surface area contributed by atoms with Gasteiger partial charge in [0.15, 0.2) is 0 Å². The molecule has 7 heteroatoms. The summed E-state index contributed by atoms with van der Waals surface area (Å²) in [6, 6.07) is 14.4. The number of aryl methyl sites for hydroxylation is 1. The molecule has 3 rings (SSSR count). The fraction of sp³-hybridized carbons (Fsp3) is 0.400. The van der Waals surface area contributed by atoms with Gasteiger partial charge in [-0.3, -0.25) is 4.90 Å². The number of hydrogen-bond donors (Lipinski definition) is 1. The molecule has 2 aromatic carbocycles. The van der Waals surface area contributed by atoms with E-state index in [4.69, 9.17) is 9.47 Å². The molecular formula is C20H26N2O4S. The van der Waals surface area contributed by atoms with Crippen LogP contribution in [0.1, 0.15) is 17.2 Å². The largest absolute Gasteiger partial charge is 0.495 e. The lowest BCUT2D eigenvalue weighted by atomic mass is 10.1. The Hall–Kier alpha value is -1.93. The van der Waals surface area contributed by atoms with Crippen LogP contribution in [0.5, 0.6) is 5.75 Å². The minimum atomic E-state index is -3.76. The zero-order valence-corrected chi connectivity index (χ0v) is 16.5. The lowest BCUT2D eigenvalue weighted by molar-refractivity contribution is 0.0345. The smallest absolute Gasteiger partial charge is 0.244 e. The summed E-state index contributed by atoms with van der Waals surface area (Å²) in [6.45, 7) is 5.36. The zero-order chi connectivity index (χ0) is 19.3. The number of nitrogens with one attached hydrogen (secondary N) is 1. The first-order valence-corrected chi connectivity index (χ1v) is 10.5. The first kappa shape index (κ1) is 19.8. The molecule has 1 saturated heterocycles. The van der Waals surface area contributed by atoms with Crippen LogP contribution in [0.15, 0.2) is 53.4 Å². The van der Waals surface area contributed by atoms with Gasteiger partial charge in [-0.2, -0.15) is 0 Å². The molecule has 0 bridgehead atoms. The highest BCUT2D eigenvalue weighted by atomic mass is 32.2. The molecule has 146 valence electrons. The summed E-state index contributed by atoms with van der Waals surface area (Å²) < 4.78 is 39.9. The second kappa shape index (κ2) is 8.84. The van der Waals surface area contributed by atoms with E-state index in [1.54, 1.807) is 12.1 Å². The standard InChI is InChI=1S/C20H26N2O4S/c1-16-8-9-19(25-2)20(14-16)27(23,24)21-18(17-6-4-3-5-7-17)15-22-10-12-26-13-11-22/h3-9,14,18,21H,10-13,15H2,1-2H3. The van der Waals surface area contributed by atoms with Gasteiger partial charge >= 0.3 is 0 Å². The molecule has 1 N–H and O–H groups in total. The number of ether oxygens (including phenoxy) is 2. The van der Waals surface area contributed by atoms with Crippen molar-refractivity contribution in [2.24, 2.45) is 0 Å². The minimum absolute atomic E-state index is 0.160. The molecule has 0 aliphatic carbocycles. The number of nitrogens with zero attached hydrogens (tertiary/aromatic N) is 1. The molecule has 0 radical (unpaired) electrons. The molecule has 0 spiro atoms. The van der Waals surface area contributed by atoms with Gasteiger partial charge in [0.1, 0.15) is 10.6 Å². The molecule has 2 aromatic rings. The Kier molecular flexibility index (Phi) is 6.49. The van der Waals surface area contributed by atoms with Crippen LogP contribution < -0.4 is 9.46 Å². The summed E-state index contributed by atoms with van der Waals surface area (Å²) in [5.41, 5.74) is 1.79. The van der Waals surface area contributed by atoms with Crippen LogP contribution in [0, 0.1) is 6.92 Å². The van der Waals surface area contributed by atoms with E-state index in [0.717, 1.165) is 24.2 Å². The lowest BCUT2D eigenvalue weighted by Crippen LogP contribution is -2.43. The Labute approximate surface area is 161 Å². The van der Waals surface area contributed by atoms with E-state index in [9.17, 15) is 8.42 Å². The molecule has 1 unspecified atom stereocenters. The summed E-state index contributed by atoms with van der Waals surface area (Å²) >= 11 is 0. The van der Waals surface area contributed by atoms with Crippen molar-refractivity contribution in [3.8, 4) is 5.75 Å². The van der Waals surface area contributed by atoms with Gasteiger partial charge in [0.25, 0.3) is 0 Å². The van der Waals surface area contributed by atoms with Crippen LogP contribution in [0.2, 0.25) is 0 Å². The summed E-state index contributed by atoms with van der Waals surface area (Å²) in [7, 11) is -2.28. The quantitative estimate of drug-likeness (QED) is 0.786. The van der Waals surface area contributed by atoms with E-state index in [1.165, 1.54) is 7.11 Å². The van der Waals surface area contributed by atoms with Gasteiger partial charge in [-0.25, -0.2) is 13.1 Å². The number of hydrogen-bond acceptors (Lipinski definition) is 5. The minimum Gasteiger partial charge on any atom is -0.495 e. The van der Waals surface area contributed by atoms with E-state index in [1.807, 2.05) is 43.3 Å². The maximum atomic E-state index is 13.2. The number of sulfonamides is 1. The molecule has 0 amide bonds. The lowest BCUT2D eigenvalue weighted by Gasteiger charge is -2.31. The number of morpholine rings is 1. The van der Waals surface area contributed by atoms with Crippen molar-refractivity contribution in [1.29, 1.82) is 0 Å². The Balaban J connectivity index is 1.89. The van der Waals surface area contributed by atoms with Crippen LogP contribution in [0.3, 0.4) is 0 Å². The zero-order valence-electron chi connectivity index (χ0n) is 15.7. The first-order valence-electron chi connectivity index (χ1n) is 9.01. The third kappa shape index (κ3) is 5.07. The van der Waals surface area contributed by atoms with Gasteiger partial charge in [0.05, 0.1) is 26.4 Å². The van der Waals surface area contributed by atoms with E-state index in [0.29, 0.717) is 25.5 Å². The summed E-state index contributed by atoms with van der Waals surface area (Å²) in [6.07, 6.45) is 0. The number of methoxy groups -OCH3 is 1.